The van der Waals surface area contributed by atoms with Gasteiger partial charge in [-0.25, -0.2) is 4.79 Å². The van der Waals surface area contributed by atoms with Gasteiger partial charge in [-0.15, -0.1) is 11.3 Å². The second-order valence-electron chi connectivity index (χ2n) is 6.75. The lowest BCUT2D eigenvalue weighted by molar-refractivity contribution is -0.119. The van der Waals surface area contributed by atoms with E-state index in [4.69, 9.17) is 4.74 Å². The third-order valence-corrected chi connectivity index (χ3v) is 6.15. The summed E-state index contributed by atoms with van der Waals surface area (Å²) in [7, 11) is 0. The molecule has 6 heteroatoms. The maximum absolute atomic E-state index is 12.3. The number of thiophene rings is 1. The van der Waals surface area contributed by atoms with Crippen molar-refractivity contribution in [3.05, 3.63) is 50.9 Å². The smallest absolute Gasteiger partial charge is 0.338 e. The first-order chi connectivity index (χ1) is 13.0. The highest BCUT2D eigenvalue weighted by Crippen LogP contribution is 2.36. The van der Waals surface area contributed by atoms with Crippen molar-refractivity contribution < 1.29 is 14.3 Å². The van der Waals surface area contributed by atoms with E-state index in [-0.39, 0.29) is 6.61 Å². The SMILES string of the molecule is Cc1cccc(C(=O)OCC(=O)Nc2sc3c(c2C#N)CCCCC3)c1C. The lowest BCUT2D eigenvalue weighted by Crippen LogP contribution is -2.21. The zero-order chi connectivity index (χ0) is 19.4. The third kappa shape index (κ3) is 4.20. The summed E-state index contributed by atoms with van der Waals surface area (Å²) in [4.78, 5) is 25.7. The molecule has 0 saturated carbocycles. The number of ether oxygens (including phenoxy) is 1. The van der Waals surface area contributed by atoms with Crippen LogP contribution in [0.4, 0.5) is 5.00 Å². The number of fused-ring (bicyclic) bond motifs is 1. The molecule has 0 unspecified atom stereocenters. The second kappa shape index (κ2) is 8.36. The minimum atomic E-state index is -0.520. The van der Waals surface area contributed by atoms with Gasteiger partial charge >= 0.3 is 5.97 Å². The number of benzene rings is 1. The van der Waals surface area contributed by atoms with Crippen LogP contribution in [0.1, 0.15) is 56.8 Å². The molecule has 1 aliphatic rings. The Morgan fingerprint density at radius 1 is 1.22 bits per heavy atom. The van der Waals surface area contributed by atoms with E-state index in [1.54, 1.807) is 12.1 Å². The van der Waals surface area contributed by atoms with Gasteiger partial charge in [0.05, 0.1) is 11.1 Å². The number of carbonyl (C=O) groups excluding carboxylic acids is 2. The first kappa shape index (κ1) is 19.1. The van der Waals surface area contributed by atoms with Gasteiger partial charge in [-0.2, -0.15) is 5.26 Å². The van der Waals surface area contributed by atoms with E-state index >= 15 is 0 Å². The Hall–Kier alpha value is -2.65. The van der Waals surface area contributed by atoms with E-state index in [0.29, 0.717) is 16.1 Å². The Bertz CT molecular complexity index is 924. The summed E-state index contributed by atoms with van der Waals surface area (Å²) in [6, 6.07) is 7.62. The monoisotopic (exact) mass is 382 g/mol. The molecule has 3 rings (SSSR count). The van der Waals surface area contributed by atoms with E-state index < -0.39 is 11.9 Å². The molecule has 0 spiro atoms. The fraction of sp³-hybridized carbons (Fsp3) is 0.381. The lowest BCUT2D eigenvalue weighted by atomic mass is 10.0. The number of amides is 1. The Labute approximate surface area is 163 Å². The van der Waals surface area contributed by atoms with Crippen LogP contribution in [0, 0.1) is 25.2 Å². The van der Waals surface area contributed by atoms with Crippen molar-refractivity contribution >= 4 is 28.2 Å². The quantitative estimate of drug-likeness (QED) is 0.631. The van der Waals surface area contributed by atoms with Gasteiger partial charge < -0.3 is 10.1 Å². The molecule has 27 heavy (non-hydrogen) atoms. The molecule has 1 N–H and O–H groups in total. The van der Waals surface area contributed by atoms with Crippen LogP contribution >= 0.6 is 11.3 Å². The fourth-order valence-electron chi connectivity index (χ4n) is 3.29. The molecule has 1 amide bonds. The molecule has 0 bridgehead atoms. The number of hydrogen-bond donors (Lipinski definition) is 1. The minimum absolute atomic E-state index is 0.375. The molecular weight excluding hydrogens is 360 g/mol. The zero-order valence-electron chi connectivity index (χ0n) is 15.6. The maximum atomic E-state index is 12.3. The summed E-state index contributed by atoms with van der Waals surface area (Å²) in [6.45, 7) is 3.40. The Morgan fingerprint density at radius 2 is 2.00 bits per heavy atom. The van der Waals surface area contributed by atoms with Crippen LogP contribution in [0.3, 0.4) is 0 Å². The lowest BCUT2D eigenvalue weighted by Gasteiger charge is -2.09. The molecule has 1 aromatic heterocycles. The molecule has 1 heterocycles. The second-order valence-corrected chi connectivity index (χ2v) is 7.86. The molecular formula is C21H22N2O3S. The number of esters is 1. The van der Waals surface area contributed by atoms with E-state index in [9.17, 15) is 14.9 Å². The van der Waals surface area contributed by atoms with Crippen molar-refractivity contribution in [1.82, 2.24) is 0 Å². The standard InChI is InChI=1S/C21H22N2O3S/c1-13-7-6-9-15(14(13)2)21(25)26-12-19(24)23-20-17(11-22)16-8-4-3-5-10-18(16)27-20/h6-7,9H,3-5,8,10,12H2,1-2H3,(H,23,24). The summed E-state index contributed by atoms with van der Waals surface area (Å²) in [6.07, 6.45) is 5.18. The van der Waals surface area contributed by atoms with Crippen molar-refractivity contribution in [2.24, 2.45) is 0 Å². The van der Waals surface area contributed by atoms with Crippen LogP contribution < -0.4 is 5.32 Å². The summed E-state index contributed by atoms with van der Waals surface area (Å²) in [5, 5.41) is 12.8. The van der Waals surface area contributed by atoms with Crippen molar-refractivity contribution in [3.63, 3.8) is 0 Å². The van der Waals surface area contributed by atoms with Gasteiger partial charge in [0.15, 0.2) is 6.61 Å². The number of hydrogen-bond acceptors (Lipinski definition) is 5. The molecule has 0 aliphatic heterocycles. The highest BCUT2D eigenvalue weighted by molar-refractivity contribution is 7.16. The number of anilines is 1. The molecule has 0 saturated heterocycles. The van der Waals surface area contributed by atoms with Gasteiger partial charge in [-0.05, 0) is 62.3 Å². The molecule has 0 radical (unpaired) electrons. The molecule has 0 fully saturated rings. The predicted octanol–water partition coefficient (Wildman–Crippen LogP) is 4.30. The van der Waals surface area contributed by atoms with Gasteiger partial charge in [-0.1, -0.05) is 18.6 Å². The first-order valence-electron chi connectivity index (χ1n) is 9.09. The minimum Gasteiger partial charge on any atom is -0.452 e. The summed E-state index contributed by atoms with van der Waals surface area (Å²) >= 11 is 1.47. The number of nitriles is 1. The van der Waals surface area contributed by atoms with Gasteiger partial charge in [0.25, 0.3) is 5.91 Å². The number of aryl methyl sites for hydroxylation is 2. The average Bonchev–Trinajstić information content (AvgIpc) is 2.81. The molecule has 140 valence electrons. The molecule has 5 nitrogen and oxygen atoms in total. The average molecular weight is 382 g/mol. The fourth-order valence-corrected chi connectivity index (χ4v) is 4.55. The van der Waals surface area contributed by atoms with Gasteiger partial charge in [0, 0.05) is 4.88 Å². The van der Waals surface area contributed by atoms with Crippen LogP contribution in [0.25, 0.3) is 0 Å². The number of nitrogens with one attached hydrogen (secondary N) is 1. The van der Waals surface area contributed by atoms with Gasteiger partial charge in [0.2, 0.25) is 0 Å². The van der Waals surface area contributed by atoms with Crippen LogP contribution in [0.5, 0.6) is 0 Å². The summed E-state index contributed by atoms with van der Waals surface area (Å²) in [5.41, 5.74) is 3.93. The van der Waals surface area contributed by atoms with Crippen LogP contribution in [0.15, 0.2) is 18.2 Å². The first-order valence-corrected chi connectivity index (χ1v) is 9.90. The Morgan fingerprint density at radius 3 is 2.78 bits per heavy atom. The Kier molecular flexibility index (Phi) is 5.92. The maximum Gasteiger partial charge on any atom is 0.338 e. The highest BCUT2D eigenvalue weighted by atomic mass is 32.1. The number of rotatable bonds is 4. The molecule has 0 atom stereocenters. The molecule has 2 aromatic rings. The molecule has 1 aromatic carbocycles. The zero-order valence-corrected chi connectivity index (χ0v) is 16.4. The third-order valence-electron chi connectivity index (χ3n) is 4.94. The van der Waals surface area contributed by atoms with E-state index in [1.807, 2.05) is 19.9 Å². The largest absolute Gasteiger partial charge is 0.452 e. The van der Waals surface area contributed by atoms with E-state index in [1.165, 1.54) is 22.6 Å². The van der Waals surface area contributed by atoms with Gasteiger partial charge in [-0.3, -0.25) is 4.79 Å². The highest BCUT2D eigenvalue weighted by Gasteiger charge is 2.21. The van der Waals surface area contributed by atoms with Crippen LogP contribution in [0.2, 0.25) is 0 Å². The number of nitrogens with zero attached hydrogens (tertiary/aromatic N) is 1. The number of carbonyl (C=O) groups is 2. The van der Waals surface area contributed by atoms with Crippen molar-refractivity contribution in [1.29, 1.82) is 5.26 Å². The van der Waals surface area contributed by atoms with E-state index in [0.717, 1.165) is 42.4 Å². The summed E-state index contributed by atoms with van der Waals surface area (Å²) < 4.78 is 5.16. The normalized spacial score (nSPS) is 13.2. The van der Waals surface area contributed by atoms with Crippen LogP contribution in [-0.2, 0) is 22.4 Å². The van der Waals surface area contributed by atoms with Crippen molar-refractivity contribution in [2.75, 3.05) is 11.9 Å². The van der Waals surface area contributed by atoms with Crippen molar-refractivity contribution in [3.8, 4) is 6.07 Å². The topological polar surface area (TPSA) is 79.2 Å². The molecule has 1 aliphatic carbocycles. The van der Waals surface area contributed by atoms with Crippen molar-refractivity contribution in [2.45, 2.75) is 46.0 Å². The van der Waals surface area contributed by atoms with Gasteiger partial charge in [0.1, 0.15) is 11.1 Å². The van der Waals surface area contributed by atoms with Crippen LogP contribution in [-0.4, -0.2) is 18.5 Å². The van der Waals surface area contributed by atoms with E-state index in [2.05, 4.69) is 11.4 Å². The Balaban J connectivity index is 1.66. The summed E-state index contributed by atoms with van der Waals surface area (Å²) in [5.74, 6) is -0.949. The predicted molar refractivity (Wildman–Crippen MR) is 105 cm³/mol.